The molecular weight excluding hydrogens is 228 g/mol. The lowest BCUT2D eigenvalue weighted by atomic mass is 10.1. The van der Waals surface area contributed by atoms with Crippen LogP contribution in [0.4, 0.5) is 0 Å². The Hall–Kier alpha value is -1.57. The molecule has 0 aliphatic heterocycles. The lowest BCUT2D eigenvalue weighted by molar-refractivity contribution is 0.109. The summed E-state index contributed by atoms with van der Waals surface area (Å²) in [4.78, 5) is 1.98. The van der Waals surface area contributed by atoms with Gasteiger partial charge in [0.2, 0.25) is 0 Å². The van der Waals surface area contributed by atoms with Gasteiger partial charge in [0.05, 0.1) is 25.7 Å². The Balaban J connectivity index is 2.64. The molecule has 0 aliphatic rings. The zero-order valence-corrected chi connectivity index (χ0v) is 11.1. The van der Waals surface area contributed by atoms with Crippen molar-refractivity contribution in [3.63, 3.8) is 0 Å². The molecule has 0 heterocycles. The minimum atomic E-state index is -0.578. The van der Waals surface area contributed by atoms with Gasteiger partial charge in [-0.15, -0.1) is 0 Å². The fourth-order valence-corrected chi connectivity index (χ4v) is 1.69. The molecule has 0 amide bonds. The van der Waals surface area contributed by atoms with E-state index in [0.717, 1.165) is 11.3 Å². The largest absolute Gasteiger partial charge is 0.497 e. The molecule has 2 unspecified atom stereocenters. The van der Waals surface area contributed by atoms with Gasteiger partial charge >= 0.3 is 0 Å². The summed E-state index contributed by atoms with van der Waals surface area (Å²) < 4.78 is 5.13. The molecule has 1 aromatic carbocycles. The normalized spacial score (nSPS) is 14.0. The number of aliphatic hydroxyl groups excluding tert-OH is 1. The molecule has 0 aromatic heterocycles. The van der Waals surface area contributed by atoms with Gasteiger partial charge in [-0.3, -0.25) is 4.90 Å². The highest BCUT2D eigenvalue weighted by molar-refractivity contribution is 5.29. The molecular formula is C14H20N2O2. The number of methoxy groups -OCH3 is 1. The highest BCUT2D eigenvalue weighted by Gasteiger charge is 2.15. The number of ether oxygens (including phenoxy) is 1. The number of benzene rings is 1. The first-order valence-corrected chi connectivity index (χ1v) is 5.97. The van der Waals surface area contributed by atoms with E-state index in [4.69, 9.17) is 10.00 Å². The predicted molar refractivity (Wildman–Crippen MR) is 70.3 cm³/mol. The number of nitriles is 1. The maximum Gasteiger partial charge on any atom is 0.119 e. The highest BCUT2D eigenvalue weighted by atomic mass is 16.5. The van der Waals surface area contributed by atoms with Gasteiger partial charge in [-0.25, -0.2) is 0 Å². The topological polar surface area (TPSA) is 56.5 Å². The van der Waals surface area contributed by atoms with Crippen molar-refractivity contribution >= 4 is 0 Å². The van der Waals surface area contributed by atoms with Crippen LogP contribution in [0.15, 0.2) is 24.3 Å². The lowest BCUT2D eigenvalue weighted by Crippen LogP contribution is -2.32. The molecule has 1 N–H and O–H groups in total. The van der Waals surface area contributed by atoms with Crippen LogP contribution in [0.3, 0.4) is 0 Å². The number of likely N-dealkylation sites (N-methyl/N-ethyl adjacent to an activating group) is 1. The molecule has 4 nitrogen and oxygen atoms in total. The van der Waals surface area contributed by atoms with Crippen molar-refractivity contribution in [2.75, 3.05) is 20.7 Å². The highest BCUT2D eigenvalue weighted by Crippen LogP contribution is 2.20. The van der Waals surface area contributed by atoms with Crippen molar-refractivity contribution in [3.8, 4) is 11.8 Å². The quantitative estimate of drug-likeness (QED) is 0.836. The predicted octanol–water partition coefficient (Wildman–Crippen LogP) is 1.96. The minimum absolute atomic E-state index is 0.134. The Kier molecular flexibility index (Phi) is 5.63. The van der Waals surface area contributed by atoms with E-state index in [0.29, 0.717) is 13.0 Å². The fourth-order valence-electron chi connectivity index (χ4n) is 1.69. The van der Waals surface area contributed by atoms with Crippen LogP contribution in [-0.4, -0.2) is 36.8 Å². The molecule has 0 saturated carbocycles. The molecule has 0 bridgehead atoms. The molecule has 1 rings (SSSR count). The third-order valence-electron chi connectivity index (χ3n) is 3.08. The van der Waals surface area contributed by atoms with Crippen LogP contribution in [-0.2, 0) is 0 Å². The van der Waals surface area contributed by atoms with Crippen LogP contribution in [0, 0.1) is 11.3 Å². The minimum Gasteiger partial charge on any atom is -0.497 e. The molecule has 98 valence electrons. The number of hydrogen-bond donors (Lipinski definition) is 1. The van der Waals surface area contributed by atoms with Gasteiger partial charge in [0.15, 0.2) is 0 Å². The van der Waals surface area contributed by atoms with E-state index < -0.39 is 6.10 Å². The van der Waals surface area contributed by atoms with Crippen LogP contribution in [0.2, 0.25) is 0 Å². The molecule has 0 radical (unpaired) electrons. The van der Waals surface area contributed by atoms with E-state index in [1.807, 2.05) is 43.1 Å². The third kappa shape index (κ3) is 4.02. The fraction of sp³-hybridized carbons (Fsp3) is 0.500. The van der Waals surface area contributed by atoms with Gasteiger partial charge in [-0.1, -0.05) is 12.1 Å². The van der Waals surface area contributed by atoms with Crippen LogP contribution in [0.25, 0.3) is 0 Å². The molecule has 1 aromatic rings. The van der Waals surface area contributed by atoms with E-state index in [1.54, 1.807) is 7.11 Å². The summed E-state index contributed by atoms with van der Waals surface area (Å²) in [6, 6.07) is 9.67. The van der Waals surface area contributed by atoms with E-state index in [9.17, 15) is 5.11 Å². The Bertz CT molecular complexity index is 415. The van der Waals surface area contributed by atoms with Gasteiger partial charge < -0.3 is 9.84 Å². The van der Waals surface area contributed by atoms with Crippen molar-refractivity contribution < 1.29 is 9.84 Å². The van der Waals surface area contributed by atoms with Gasteiger partial charge in [0.25, 0.3) is 0 Å². The number of nitrogens with zero attached hydrogens (tertiary/aromatic N) is 2. The van der Waals surface area contributed by atoms with Crippen LogP contribution in [0.5, 0.6) is 5.75 Å². The maximum atomic E-state index is 10.1. The van der Waals surface area contributed by atoms with E-state index in [2.05, 4.69) is 6.07 Å². The molecule has 0 aliphatic carbocycles. The smallest absolute Gasteiger partial charge is 0.119 e. The van der Waals surface area contributed by atoms with Crippen LogP contribution in [0.1, 0.15) is 25.0 Å². The number of aliphatic hydroxyl groups is 1. The molecule has 2 atom stereocenters. The third-order valence-corrected chi connectivity index (χ3v) is 3.08. The van der Waals surface area contributed by atoms with Crippen molar-refractivity contribution in [1.82, 2.24) is 4.90 Å². The van der Waals surface area contributed by atoms with Crippen molar-refractivity contribution in [1.29, 1.82) is 5.26 Å². The Morgan fingerprint density at radius 1 is 1.50 bits per heavy atom. The van der Waals surface area contributed by atoms with Gasteiger partial charge in [0, 0.05) is 12.6 Å². The standard InChI is InChI=1S/C14H20N2O2/c1-11(7-8-15)16(2)10-14(17)12-5-4-6-13(9-12)18-3/h4-6,9,11,14,17H,7,10H2,1-3H3. The first kappa shape index (κ1) is 14.5. The van der Waals surface area contributed by atoms with Gasteiger partial charge in [-0.05, 0) is 31.7 Å². The second-order valence-corrected chi connectivity index (χ2v) is 4.44. The zero-order chi connectivity index (χ0) is 13.5. The van der Waals surface area contributed by atoms with E-state index >= 15 is 0 Å². The summed E-state index contributed by atoms with van der Waals surface area (Å²) in [6.07, 6.45) is -0.118. The summed E-state index contributed by atoms with van der Waals surface area (Å²) in [7, 11) is 3.51. The molecule has 0 spiro atoms. The van der Waals surface area contributed by atoms with Crippen molar-refractivity contribution in [2.24, 2.45) is 0 Å². The zero-order valence-electron chi connectivity index (χ0n) is 11.1. The van der Waals surface area contributed by atoms with Crippen molar-refractivity contribution in [2.45, 2.75) is 25.5 Å². The Morgan fingerprint density at radius 3 is 2.83 bits per heavy atom. The maximum absolute atomic E-state index is 10.1. The van der Waals surface area contributed by atoms with Gasteiger partial charge in [-0.2, -0.15) is 5.26 Å². The SMILES string of the molecule is COc1cccc(C(O)CN(C)C(C)CC#N)c1. The van der Waals surface area contributed by atoms with Crippen molar-refractivity contribution in [3.05, 3.63) is 29.8 Å². The van der Waals surface area contributed by atoms with Crippen LogP contribution >= 0.6 is 0 Å². The first-order chi connectivity index (χ1) is 8.58. The average Bonchev–Trinajstić information content (AvgIpc) is 2.39. The second kappa shape index (κ2) is 7.00. The summed E-state index contributed by atoms with van der Waals surface area (Å²) in [5.41, 5.74) is 0.824. The summed E-state index contributed by atoms with van der Waals surface area (Å²) >= 11 is 0. The van der Waals surface area contributed by atoms with Crippen LogP contribution < -0.4 is 4.74 Å². The monoisotopic (exact) mass is 248 g/mol. The Morgan fingerprint density at radius 2 is 2.22 bits per heavy atom. The lowest BCUT2D eigenvalue weighted by Gasteiger charge is -2.25. The molecule has 18 heavy (non-hydrogen) atoms. The summed E-state index contributed by atoms with van der Waals surface area (Å²) in [5.74, 6) is 0.735. The van der Waals surface area contributed by atoms with E-state index in [-0.39, 0.29) is 6.04 Å². The first-order valence-electron chi connectivity index (χ1n) is 5.97. The average molecular weight is 248 g/mol. The second-order valence-electron chi connectivity index (χ2n) is 4.44. The molecule has 0 saturated heterocycles. The number of rotatable bonds is 6. The molecule has 4 heteroatoms. The summed E-state index contributed by atoms with van der Waals surface area (Å²) in [5, 5.41) is 18.8. The summed E-state index contributed by atoms with van der Waals surface area (Å²) in [6.45, 7) is 2.47. The van der Waals surface area contributed by atoms with E-state index in [1.165, 1.54) is 0 Å². The molecule has 0 fully saturated rings. The Labute approximate surface area is 108 Å². The van der Waals surface area contributed by atoms with Gasteiger partial charge in [0.1, 0.15) is 5.75 Å². The number of hydrogen-bond acceptors (Lipinski definition) is 4.